The number of rotatable bonds is 4. The Bertz CT molecular complexity index is 6330. The van der Waals surface area contributed by atoms with E-state index in [1.165, 1.54) is 174 Å². The second-order valence-electron chi connectivity index (χ2n) is 24.8. The molecule has 0 atom stereocenters. The van der Waals surface area contributed by atoms with Crippen LogP contribution in [0, 0.1) is 0 Å². The van der Waals surface area contributed by atoms with Crippen LogP contribution in [0.2, 0.25) is 0 Å². The Hall–Kier alpha value is -11.0. The molecule has 0 saturated carbocycles. The van der Waals surface area contributed by atoms with Crippen LogP contribution in [-0.2, 0) is 54.4 Å². The minimum Gasteiger partial charge on any atom is -0.344 e. The number of aryl methyl sites for hydroxylation is 8. The van der Waals surface area contributed by atoms with E-state index in [2.05, 4.69) is 335 Å². The molecule has 132 heavy (non-hydrogen) atoms. The summed E-state index contributed by atoms with van der Waals surface area (Å²) in [4.78, 5) is 0. The molecule has 0 fully saturated rings. The van der Waals surface area contributed by atoms with Gasteiger partial charge in [-0.1, -0.05) is 449 Å². The van der Waals surface area contributed by atoms with E-state index in [1.807, 2.05) is 166 Å². The van der Waals surface area contributed by atoms with Crippen molar-refractivity contribution in [2.24, 2.45) is 28.2 Å². The Balaban J connectivity index is -0.000000130. The third-order valence-electron chi connectivity index (χ3n) is 20.5. The van der Waals surface area contributed by atoms with Gasteiger partial charge in [-0.05, 0) is 107 Å². The van der Waals surface area contributed by atoms with Crippen LogP contribution in [0.4, 0.5) is 0 Å². The van der Waals surface area contributed by atoms with Gasteiger partial charge >= 0.3 is 0 Å². The SMILES string of the molecule is C.C.C.C.C.C.C.C.C.C.C.C.C.C.C.C.CC.CC.CC.CC.CC.CC.CC.CC.CC.CC.CC.CC.CCn1c2ccccc2c2c3c(ccc21)c1ccccc1n3C.CCn1c2ccccc2c2c3c4ccccc4n(C)c3ccc21.CCn1c2ccccc2c2cc3c(cc21)c1ccccc1n3C.CCn1c2ccccc2c2ccc3c4ccccc4n(C)c3c21. The number of para-hydroxylation sites is 8. The predicted molar refractivity (Wildman–Crippen MR) is 640 cm³/mol. The first-order valence-electron chi connectivity index (χ1n) is 44.7. The molecule has 0 aliphatic carbocycles. The van der Waals surface area contributed by atoms with Crippen LogP contribution in [-0.4, -0.2) is 36.5 Å². The van der Waals surface area contributed by atoms with Gasteiger partial charge in [0.1, 0.15) is 0 Å². The molecule has 0 aliphatic heterocycles. The Morgan fingerprint density at radius 2 is 0.341 bits per heavy atom. The first kappa shape index (κ1) is 147. The summed E-state index contributed by atoms with van der Waals surface area (Å²) >= 11 is 0. The van der Waals surface area contributed by atoms with Gasteiger partial charge in [-0.15, -0.1) is 0 Å². The molecule has 8 heterocycles. The quantitative estimate of drug-likeness (QED) is 0.168. The Morgan fingerprint density at radius 3 is 0.712 bits per heavy atom. The summed E-state index contributed by atoms with van der Waals surface area (Å²) in [5, 5.41) is 21.6. The largest absolute Gasteiger partial charge is 0.344 e. The van der Waals surface area contributed by atoms with Crippen molar-refractivity contribution in [3.8, 4) is 0 Å². The van der Waals surface area contributed by atoms with Crippen LogP contribution < -0.4 is 0 Å². The molecule has 744 valence electrons. The summed E-state index contributed by atoms with van der Waals surface area (Å²) in [6, 6.07) is 88.1. The number of nitrogens with zero attached hydrogens (tertiary/aromatic N) is 8. The normalized spacial score (nSPS) is 8.97. The first-order chi connectivity index (χ1) is 57.2. The maximum atomic E-state index is 2.45. The lowest BCUT2D eigenvalue weighted by Crippen LogP contribution is -1.96. The van der Waals surface area contributed by atoms with E-state index >= 15 is 0 Å². The van der Waals surface area contributed by atoms with E-state index in [0.29, 0.717) is 0 Å². The van der Waals surface area contributed by atoms with E-state index < -0.39 is 0 Å². The van der Waals surface area contributed by atoms with Crippen molar-refractivity contribution in [3.63, 3.8) is 0 Å². The van der Waals surface area contributed by atoms with E-state index in [1.54, 1.807) is 0 Å². The van der Waals surface area contributed by atoms with Crippen LogP contribution in [0.25, 0.3) is 174 Å². The molecular weight excluding hydrogens is 1600 g/mol. The zero-order valence-corrected chi connectivity index (χ0v) is 77.5. The second kappa shape index (κ2) is 72.6. The molecule has 20 aromatic rings. The fraction of sp³-hybridized carbons (Fsp3) is 0.419. The number of fused-ring (bicyclic) bond motifs is 27. The average Bonchev–Trinajstić information content (AvgIpc) is 1.58. The average molecular weight is 1810 g/mol. The van der Waals surface area contributed by atoms with E-state index in [4.69, 9.17) is 0 Å². The van der Waals surface area contributed by atoms with Gasteiger partial charge in [0.05, 0.1) is 22.1 Å². The van der Waals surface area contributed by atoms with Gasteiger partial charge in [0.25, 0.3) is 0 Å². The third-order valence-corrected chi connectivity index (χ3v) is 20.5. The van der Waals surface area contributed by atoms with Crippen molar-refractivity contribution in [3.05, 3.63) is 243 Å². The molecular formula is C124H208N8. The fourth-order valence-corrected chi connectivity index (χ4v) is 16.4. The van der Waals surface area contributed by atoms with Gasteiger partial charge in [-0.2, -0.15) is 0 Å². The molecule has 8 aromatic heterocycles. The van der Waals surface area contributed by atoms with Gasteiger partial charge in [0.15, 0.2) is 0 Å². The Labute approximate surface area is 815 Å². The molecule has 12 aromatic carbocycles. The van der Waals surface area contributed by atoms with Gasteiger partial charge < -0.3 is 36.5 Å². The highest BCUT2D eigenvalue weighted by molar-refractivity contribution is 6.29. The molecule has 0 unspecified atom stereocenters. The minimum absolute atomic E-state index is 0. The molecule has 8 heteroatoms. The van der Waals surface area contributed by atoms with Crippen molar-refractivity contribution in [1.29, 1.82) is 0 Å². The Kier molecular flexibility index (Phi) is 80.7. The fourth-order valence-electron chi connectivity index (χ4n) is 16.4. The van der Waals surface area contributed by atoms with E-state index in [9.17, 15) is 0 Å². The van der Waals surface area contributed by atoms with Gasteiger partial charge in [-0.3, -0.25) is 0 Å². The van der Waals surface area contributed by atoms with Crippen LogP contribution in [0.15, 0.2) is 243 Å². The summed E-state index contributed by atoms with van der Waals surface area (Å²) in [6.07, 6.45) is 0. The lowest BCUT2D eigenvalue weighted by molar-refractivity contribution is 0.826. The molecule has 0 bridgehead atoms. The number of benzene rings is 12. The number of aromatic nitrogens is 8. The molecule has 0 N–H and O–H groups in total. The van der Waals surface area contributed by atoms with Gasteiger partial charge in [-0.25, -0.2) is 0 Å². The standard InChI is InChI=1S/4C21H18N2.12C2H6.16CH4/c1-3-23-19-11-7-5-9-15(19)17-12-20-16(13-21(17)23)14-8-4-6-10-18(14)22(20)2;1-3-23-18-11-7-5-9-16(18)20-19(23)13-12-15-14-8-4-6-10-17(14)22(2)21(15)20;1-3-23-19-11-7-5-9-15(19)17-13-12-16-14-8-4-6-10-18(14)22(2)20(16)21(17)23;1-3-23-17-11-7-5-9-15(17)21-19(23)13-12-18-20(21)14-8-4-6-10-16(14)22(18)2;12*1-2;;;;;;;;;;;;;;;;/h4*4-13H,3H2,1-2H3;12*1-2H3;16*1H4. The molecule has 8 nitrogen and oxygen atoms in total. The Morgan fingerprint density at radius 1 is 0.144 bits per heavy atom. The second-order valence-corrected chi connectivity index (χ2v) is 24.8. The number of hydrogen-bond donors (Lipinski definition) is 0. The highest BCUT2D eigenvalue weighted by Crippen LogP contribution is 2.43. The van der Waals surface area contributed by atoms with Crippen LogP contribution in [0.5, 0.6) is 0 Å². The van der Waals surface area contributed by atoms with Crippen LogP contribution in [0.1, 0.15) is 313 Å². The molecule has 0 amide bonds. The van der Waals surface area contributed by atoms with Crippen molar-refractivity contribution in [1.82, 2.24) is 36.5 Å². The maximum Gasteiger partial charge on any atom is 0.0738 e. The third kappa shape index (κ3) is 27.0. The van der Waals surface area contributed by atoms with Crippen LogP contribution >= 0.6 is 0 Å². The van der Waals surface area contributed by atoms with Crippen molar-refractivity contribution < 1.29 is 0 Å². The first-order valence-corrected chi connectivity index (χ1v) is 44.7. The van der Waals surface area contributed by atoms with Crippen molar-refractivity contribution in [2.45, 2.75) is 339 Å². The molecule has 0 radical (unpaired) electrons. The highest BCUT2D eigenvalue weighted by Gasteiger charge is 2.22. The predicted octanol–water partition coefficient (Wildman–Crippen LogP) is 44.3. The lowest BCUT2D eigenvalue weighted by atomic mass is 10.1. The van der Waals surface area contributed by atoms with E-state index in [-0.39, 0.29) is 119 Å². The van der Waals surface area contributed by atoms with Crippen molar-refractivity contribution in [2.75, 3.05) is 0 Å². The molecule has 0 spiro atoms. The summed E-state index contributed by atoms with van der Waals surface area (Å²) < 4.78 is 19.0. The summed E-state index contributed by atoms with van der Waals surface area (Å²) in [6.45, 7) is 60.8. The summed E-state index contributed by atoms with van der Waals surface area (Å²) in [5.41, 5.74) is 21.1. The zero-order chi connectivity index (χ0) is 86.2. The molecule has 20 rings (SSSR count). The maximum absolute atomic E-state index is 2.45. The van der Waals surface area contributed by atoms with E-state index in [0.717, 1.165) is 26.2 Å². The van der Waals surface area contributed by atoms with Gasteiger partial charge in [0.2, 0.25) is 0 Å². The smallest absolute Gasteiger partial charge is 0.0738 e. The van der Waals surface area contributed by atoms with Crippen molar-refractivity contribution >= 4 is 174 Å². The molecule has 0 aliphatic rings. The number of hydrogen-bond acceptors (Lipinski definition) is 0. The highest BCUT2D eigenvalue weighted by atomic mass is 15.0. The monoisotopic (exact) mass is 1810 g/mol. The van der Waals surface area contributed by atoms with Crippen LogP contribution in [0.3, 0.4) is 0 Å². The topological polar surface area (TPSA) is 39.4 Å². The lowest BCUT2D eigenvalue weighted by Gasteiger charge is -2.06. The zero-order valence-electron chi connectivity index (χ0n) is 77.5. The molecule has 0 saturated heterocycles. The minimum atomic E-state index is 0. The van der Waals surface area contributed by atoms with Gasteiger partial charge in [0, 0.05) is 207 Å². The summed E-state index contributed by atoms with van der Waals surface area (Å²) in [5.74, 6) is 0. The summed E-state index contributed by atoms with van der Waals surface area (Å²) in [7, 11) is 8.69.